The second-order valence-corrected chi connectivity index (χ2v) is 10.9. The van der Waals surface area contributed by atoms with Gasteiger partial charge in [-0.1, -0.05) is 75.1 Å². The van der Waals surface area contributed by atoms with E-state index >= 15 is 0 Å². The predicted octanol–water partition coefficient (Wildman–Crippen LogP) is 7.32. The van der Waals surface area contributed by atoms with E-state index in [0.29, 0.717) is 12.1 Å². The first-order valence-corrected chi connectivity index (χ1v) is 14.4. The predicted molar refractivity (Wildman–Crippen MR) is 160 cm³/mol. The van der Waals surface area contributed by atoms with Crippen LogP contribution in [0.3, 0.4) is 0 Å². The number of carboxylic acids is 1. The highest BCUT2D eigenvalue weighted by Crippen LogP contribution is 2.33. The first-order valence-electron chi connectivity index (χ1n) is 14.4. The Bertz CT molecular complexity index is 1520. The normalized spacial score (nSPS) is 13.9. The van der Waals surface area contributed by atoms with Crippen molar-refractivity contribution in [3.63, 3.8) is 0 Å². The summed E-state index contributed by atoms with van der Waals surface area (Å²) in [6.07, 6.45) is 8.35. The zero-order chi connectivity index (χ0) is 28.2. The number of fused-ring (bicyclic) bond motifs is 1. The van der Waals surface area contributed by atoms with Crippen molar-refractivity contribution in [3.8, 4) is 11.1 Å². The number of aryl methyl sites for hydroxylation is 2. The van der Waals surface area contributed by atoms with E-state index in [9.17, 15) is 14.7 Å². The third-order valence-electron chi connectivity index (χ3n) is 8.08. The fraction of sp³-hybridized carbons (Fsp3) is 0.364. The average Bonchev–Trinajstić information content (AvgIpc) is 3.30. The fourth-order valence-electron chi connectivity index (χ4n) is 6.01. The Labute approximate surface area is 235 Å². The van der Waals surface area contributed by atoms with Crippen LogP contribution in [0.2, 0.25) is 0 Å². The van der Waals surface area contributed by atoms with Gasteiger partial charge in [-0.2, -0.15) is 0 Å². The summed E-state index contributed by atoms with van der Waals surface area (Å²) >= 11 is 0. The number of rotatable bonds is 9. The number of aromatic nitrogens is 2. The highest BCUT2D eigenvalue weighted by molar-refractivity contribution is 5.96. The maximum atomic E-state index is 12.7. The first kappa shape index (κ1) is 27.4. The third-order valence-corrected chi connectivity index (χ3v) is 8.08. The number of anilines is 1. The smallest absolute Gasteiger partial charge is 0.336 e. The average molecular weight is 539 g/mol. The van der Waals surface area contributed by atoms with Crippen molar-refractivity contribution in [2.75, 3.05) is 4.90 Å². The molecule has 3 aromatic carbocycles. The van der Waals surface area contributed by atoms with E-state index in [2.05, 4.69) is 42.7 Å². The molecule has 1 aliphatic rings. The number of nitrogens with zero attached hydrogens (tertiary/aromatic N) is 3. The molecule has 7 heteroatoms. The van der Waals surface area contributed by atoms with Gasteiger partial charge in [-0.05, 0) is 66.6 Å². The molecule has 3 N–H and O–H groups in total. The van der Waals surface area contributed by atoms with Crippen LogP contribution in [0.15, 0.2) is 60.7 Å². The number of hydrogen-bond acceptors (Lipinski definition) is 3. The summed E-state index contributed by atoms with van der Waals surface area (Å²) in [4.78, 5) is 31.3. The number of carbonyl (C=O) groups is 2. The first-order chi connectivity index (χ1) is 19.4. The van der Waals surface area contributed by atoms with Gasteiger partial charge < -0.3 is 15.4 Å². The van der Waals surface area contributed by atoms with Crippen molar-refractivity contribution in [2.24, 2.45) is 5.73 Å². The van der Waals surface area contributed by atoms with Crippen LogP contribution in [-0.2, 0) is 13.0 Å². The molecule has 5 rings (SSSR count). The number of unbranched alkanes of at least 4 members (excludes halogenated alkanes) is 1. The van der Waals surface area contributed by atoms with Crippen molar-refractivity contribution in [1.82, 2.24) is 9.55 Å². The van der Waals surface area contributed by atoms with E-state index in [1.807, 2.05) is 24.3 Å². The Balaban J connectivity index is 1.54. The van der Waals surface area contributed by atoms with E-state index in [-0.39, 0.29) is 11.6 Å². The van der Waals surface area contributed by atoms with E-state index < -0.39 is 12.0 Å². The summed E-state index contributed by atoms with van der Waals surface area (Å²) in [7, 11) is 0. The van der Waals surface area contributed by atoms with Crippen LogP contribution in [0, 0.1) is 6.92 Å². The zero-order valence-electron chi connectivity index (χ0n) is 23.4. The number of imidazole rings is 1. The van der Waals surface area contributed by atoms with E-state index in [4.69, 9.17) is 10.7 Å². The lowest BCUT2D eigenvalue weighted by Gasteiger charge is -2.33. The number of urea groups is 1. The van der Waals surface area contributed by atoms with Crippen LogP contribution in [0.5, 0.6) is 0 Å². The minimum atomic E-state index is -0.936. The van der Waals surface area contributed by atoms with Crippen molar-refractivity contribution in [2.45, 2.75) is 77.8 Å². The molecule has 0 bridgehead atoms. The molecular weight excluding hydrogens is 500 g/mol. The van der Waals surface area contributed by atoms with Gasteiger partial charge in [0.2, 0.25) is 0 Å². The molecule has 1 aliphatic carbocycles. The van der Waals surface area contributed by atoms with Crippen LogP contribution in [0.4, 0.5) is 10.5 Å². The molecule has 2 amide bonds. The number of nitrogens with two attached hydrogens (primary N) is 1. The summed E-state index contributed by atoms with van der Waals surface area (Å²) in [5, 5.41) is 9.61. The van der Waals surface area contributed by atoms with Crippen molar-refractivity contribution >= 4 is 28.7 Å². The molecule has 1 saturated carbocycles. The van der Waals surface area contributed by atoms with Gasteiger partial charge in [-0.25, -0.2) is 14.6 Å². The lowest BCUT2D eigenvalue weighted by molar-refractivity contribution is 0.0697. The van der Waals surface area contributed by atoms with Gasteiger partial charge in [0.05, 0.1) is 16.6 Å². The van der Waals surface area contributed by atoms with Crippen LogP contribution in [-0.4, -0.2) is 32.7 Å². The molecule has 7 nitrogen and oxygen atoms in total. The molecule has 40 heavy (non-hydrogen) atoms. The molecule has 1 heterocycles. The van der Waals surface area contributed by atoms with Crippen LogP contribution in [0.25, 0.3) is 22.2 Å². The molecule has 0 aliphatic heterocycles. The lowest BCUT2D eigenvalue weighted by atomic mass is 9.94. The van der Waals surface area contributed by atoms with Gasteiger partial charge >= 0.3 is 12.0 Å². The SMILES string of the molecule is CCCCc1nc2c(C)cc(N(C(N)=O)C3CCCCC3)cc2n1Cc1ccc(-c2ccccc2C(=O)O)cc1. The summed E-state index contributed by atoms with van der Waals surface area (Å²) in [5.74, 6) is 0.0928. The summed E-state index contributed by atoms with van der Waals surface area (Å²) in [6.45, 7) is 4.86. The van der Waals surface area contributed by atoms with Crippen molar-refractivity contribution in [3.05, 3.63) is 83.2 Å². The van der Waals surface area contributed by atoms with Crippen LogP contribution < -0.4 is 10.6 Å². The Morgan fingerprint density at radius 2 is 1.77 bits per heavy atom. The highest BCUT2D eigenvalue weighted by atomic mass is 16.4. The second kappa shape index (κ2) is 11.9. The monoisotopic (exact) mass is 538 g/mol. The number of benzene rings is 3. The summed E-state index contributed by atoms with van der Waals surface area (Å²) in [5.41, 5.74) is 12.7. The minimum Gasteiger partial charge on any atom is -0.478 e. The molecule has 0 saturated heterocycles. The molecule has 0 unspecified atom stereocenters. The van der Waals surface area contributed by atoms with Crippen LogP contribution >= 0.6 is 0 Å². The van der Waals surface area contributed by atoms with E-state index in [1.165, 1.54) is 6.42 Å². The molecule has 1 fully saturated rings. The van der Waals surface area contributed by atoms with Crippen molar-refractivity contribution in [1.29, 1.82) is 0 Å². The number of aromatic carboxylic acids is 1. The fourth-order valence-corrected chi connectivity index (χ4v) is 6.01. The van der Waals surface area contributed by atoms with Gasteiger partial charge in [-0.15, -0.1) is 0 Å². The van der Waals surface area contributed by atoms with E-state index in [0.717, 1.165) is 84.2 Å². The number of carboxylic acid groups (broad SMARTS) is 1. The Morgan fingerprint density at radius 1 is 1.05 bits per heavy atom. The van der Waals surface area contributed by atoms with Crippen molar-refractivity contribution < 1.29 is 14.7 Å². The maximum absolute atomic E-state index is 12.7. The van der Waals surface area contributed by atoms with Crippen LogP contribution in [0.1, 0.15) is 79.2 Å². The lowest BCUT2D eigenvalue weighted by Crippen LogP contribution is -2.44. The Kier molecular flexibility index (Phi) is 8.19. The molecule has 208 valence electrons. The summed E-state index contributed by atoms with van der Waals surface area (Å²) < 4.78 is 2.27. The molecule has 1 aromatic heterocycles. The molecule has 0 spiro atoms. The van der Waals surface area contributed by atoms with Gasteiger partial charge in [0, 0.05) is 24.7 Å². The standard InChI is InChI=1S/C33H38N4O3/c1-3-4-14-30-35-31-22(2)19-26(37(33(34)40)25-10-6-5-7-11-25)20-29(31)36(30)21-23-15-17-24(18-16-23)27-12-8-9-13-28(27)32(38)39/h8-9,12-13,15-20,25H,3-7,10-11,14,21H2,1-2H3,(H2,34,40)(H,38,39). The minimum absolute atomic E-state index is 0.125. The maximum Gasteiger partial charge on any atom is 0.336 e. The zero-order valence-corrected chi connectivity index (χ0v) is 23.4. The molecule has 0 radical (unpaired) electrons. The number of primary amides is 1. The van der Waals surface area contributed by atoms with Gasteiger partial charge in [0.15, 0.2) is 0 Å². The summed E-state index contributed by atoms with van der Waals surface area (Å²) in [6, 6.07) is 19.0. The van der Waals surface area contributed by atoms with E-state index in [1.54, 1.807) is 17.0 Å². The molecule has 4 aromatic rings. The molecular formula is C33H38N4O3. The number of carbonyl (C=O) groups excluding carboxylic acids is 1. The number of amides is 2. The largest absolute Gasteiger partial charge is 0.478 e. The van der Waals surface area contributed by atoms with Gasteiger partial charge in [-0.3, -0.25) is 4.90 Å². The third kappa shape index (κ3) is 5.60. The van der Waals surface area contributed by atoms with Gasteiger partial charge in [0.1, 0.15) is 5.82 Å². The topological polar surface area (TPSA) is 101 Å². The van der Waals surface area contributed by atoms with Gasteiger partial charge in [0.25, 0.3) is 0 Å². The Hall–Kier alpha value is -4.13. The second-order valence-electron chi connectivity index (χ2n) is 10.9. The number of hydrogen-bond donors (Lipinski definition) is 2. The quantitative estimate of drug-likeness (QED) is 0.233. The Morgan fingerprint density at radius 3 is 2.45 bits per heavy atom. The molecule has 0 atom stereocenters. The highest BCUT2D eigenvalue weighted by Gasteiger charge is 2.27.